The molecule has 0 fully saturated rings. The molecule has 0 aromatic heterocycles. The van der Waals surface area contributed by atoms with Crippen LogP contribution in [0.3, 0.4) is 0 Å². The molecule has 1 rings (SSSR count). The summed E-state index contributed by atoms with van der Waals surface area (Å²) >= 11 is 0. The number of nitro benzene ring substituents is 1. The van der Waals surface area contributed by atoms with Crippen LogP contribution in [0.25, 0.3) is 0 Å². The van der Waals surface area contributed by atoms with Gasteiger partial charge in [0.2, 0.25) is 0 Å². The van der Waals surface area contributed by atoms with Gasteiger partial charge in [0.15, 0.2) is 0 Å². The van der Waals surface area contributed by atoms with Crippen molar-refractivity contribution < 1.29 is 9.66 Å². The molecule has 1 aromatic carbocycles. The van der Waals surface area contributed by atoms with Crippen molar-refractivity contribution in [1.82, 2.24) is 0 Å². The number of nitrogens with zero attached hydrogens (tertiary/aromatic N) is 1. The van der Waals surface area contributed by atoms with Gasteiger partial charge in [-0.1, -0.05) is 13.8 Å². The van der Waals surface area contributed by atoms with Gasteiger partial charge in [-0.25, -0.2) is 0 Å². The maximum atomic E-state index is 10.7. The van der Waals surface area contributed by atoms with Crippen LogP contribution in [-0.2, 0) is 0 Å². The molecule has 0 aliphatic rings. The van der Waals surface area contributed by atoms with Gasteiger partial charge in [0.1, 0.15) is 5.75 Å². The van der Waals surface area contributed by atoms with Crippen molar-refractivity contribution in [1.29, 1.82) is 0 Å². The van der Waals surface area contributed by atoms with Gasteiger partial charge >= 0.3 is 0 Å². The first-order valence-electron chi connectivity index (χ1n) is 4.88. The van der Waals surface area contributed by atoms with Crippen LogP contribution in [0, 0.1) is 23.0 Å². The van der Waals surface area contributed by atoms with Crippen molar-refractivity contribution in [3.63, 3.8) is 0 Å². The lowest BCUT2D eigenvalue weighted by molar-refractivity contribution is -0.385. The first-order chi connectivity index (χ1) is 7.00. The second kappa shape index (κ2) is 4.77. The third-order valence-corrected chi connectivity index (χ3v) is 1.96. The van der Waals surface area contributed by atoms with E-state index in [9.17, 15) is 10.1 Å². The summed E-state index contributed by atoms with van der Waals surface area (Å²) in [6.45, 7) is 6.34. The third-order valence-electron chi connectivity index (χ3n) is 1.96. The summed E-state index contributed by atoms with van der Waals surface area (Å²) in [7, 11) is 0. The molecule has 4 nitrogen and oxygen atoms in total. The third kappa shape index (κ3) is 3.23. The zero-order valence-corrected chi connectivity index (χ0v) is 9.19. The van der Waals surface area contributed by atoms with Crippen molar-refractivity contribution in [3.8, 4) is 5.75 Å². The molecule has 0 aliphatic heterocycles. The quantitative estimate of drug-likeness (QED) is 0.566. The normalized spacial score (nSPS) is 10.4. The number of hydrogen-bond acceptors (Lipinski definition) is 3. The highest BCUT2D eigenvalue weighted by atomic mass is 16.6. The zero-order chi connectivity index (χ0) is 11.4. The summed E-state index contributed by atoms with van der Waals surface area (Å²) in [4.78, 5) is 10.3. The highest BCUT2D eigenvalue weighted by Crippen LogP contribution is 2.24. The Morgan fingerprint density at radius 2 is 2.13 bits per heavy atom. The fourth-order valence-corrected chi connectivity index (χ4v) is 1.14. The Bertz CT molecular complexity index is 361. The maximum absolute atomic E-state index is 10.7. The minimum absolute atomic E-state index is 0.108. The smallest absolute Gasteiger partial charge is 0.275 e. The van der Waals surface area contributed by atoms with Crippen molar-refractivity contribution in [2.75, 3.05) is 6.61 Å². The second-order valence-corrected chi connectivity index (χ2v) is 3.91. The van der Waals surface area contributed by atoms with E-state index in [1.54, 1.807) is 19.1 Å². The van der Waals surface area contributed by atoms with Crippen molar-refractivity contribution >= 4 is 5.69 Å². The first-order valence-corrected chi connectivity index (χ1v) is 4.88. The Labute approximate surface area is 89.0 Å². The maximum Gasteiger partial charge on any atom is 0.275 e. The number of nitro groups is 1. The van der Waals surface area contributed by atoms with Gasteiger partial charge in [-0.2, -0.15) is 0 Å². The van der Waals surface area contributed by atoms with Crippen molar-refractivity contribution in [2.45, 2.75) is 20.8 Å². The molecule has 82 valence electrons. The van der Waals surface area contributed by atoms with Crippen LogP contribution in [0.1, 0.15) is 19.4 Å². The Balaban J connectivity index is 2.83. The predicted molar refractivity (Wildman–Crippen MR) is 58.2 cm³/mol. The largest absolute Gasteiger partial charge is 0.493 e. The fraction of sp³-hybridized carbons (Fsp3) is 0.455. The Morgan fingerprint density at radius 1 is 1.47 bits per heavy atom. The standard InChI is InChI=1S/C11H15NO3/c1-8(2)7-15-10-5-4-9(3)11(6-10)12(13)14/h4-6,8H,7H2,1-3H3. The summed E-state index contributed by atoms with van der Waals surface area (Å²) < 4.78 is 5.41. The summed E-state index contributed by atoms with van der Waals surface area (Å²) in [6, 6.07) is 4.93. The van der Waals surface area contributed by atoms with Crippen molar-refractivity contribution in [2.24, 2.45) is 5.92 Å². The molecule has 1 aromatic rings. The van der Waals surface area contributed by atoms with Crippen LogP contribution in [0.4, 0.5) is 5.69 Å². The minimum Gasteiger partial charge on any atom is -0.493 e. The van der Waals surface area contributed by atoms with E-state index in [1.165, 1.54) is 6.07 Å². The molecule has 0 saturated heterocycles. The number of benzene rings is 1. The van der Waals surface area contributed by atoms with Gasteiger partial charge < -0.3 is 4.74 Å². The second-order valence-electron chi connectivity index (χ2n) is 3.91. The molecule has 4 heteroatoms. The van der Waals surface area contributed by atoms with Crippen LogP contribution in [-0.4, -0.2) is 11.5 Å². The van der Waals surface area contributed by atoms with E-state index < -0.39 is 4.92 Å². The molecule has 0 N–H and O–H groups in total. The van der Waals surface area contributed by atoms with Gasteiger partial charge in [-0.05, 0) is 25.0 Å². The number of rotatable bonds is 4. The van der Waals surface area contributed by atoms with Gasteiger partial charge in [0.25, 0.3) is 5.69 Å². The number of aryl methyl sites for hydroxylation is 1. The average molecular weight is 209 g/mol. The molecular formula is C11H15NO3. The lowest BCUT2D eigenvalue weighted by Crippen LogP contribution is -2.04. The van der Waals surface area contributed by atoms with Gasteiger partial charge in [0, 0.05) is 5.56 Å². The van der Waals surface area contributed by atoms with E-state index in [2.05, 4.69) is 0 Å². The van der Waals surface area contributed by atoms with E-state index in [0.29, 0.717) is 23.8 Å². The molecule has 0 spiro atoms. The first kappa shape index (κ1) is 11.5. The molecule has 0 radical (unpaired) electrons. The summed E-state index contributed by atoms with van der Waals surface area (Å²) in [6.07, 6.45) is 0. The molecule has 0 aliphatic carbocycles. The molecular weight excluding hydrogens is 194 g/mol. The fourth-order valence-electron chi connectivity index (χ4n) is 1.14. The molecule has 0 amide bonds. The Hall–Kier alpha value is -1.58. The topological polar surface area (TPSA) is 52.4 Å². The number of ether oxygens (including phenoxy) is 1. The van der Waals surface area contributed by atoms with E-state index in [0.717, 1.165) is 0 Å². The Kier molecular flexibility index (Phi) is 3.66. The summed E-state index contributed by atoms with van der Waals surface area (Å²) in [5.41, 5.74) is 0.758. The number of hydrogen-bond donors (Lipinski definition) is 0. The van der Waals surface area contributed by atoms with Crippen LogP contribution in [0.2, 0.25) is 0 Å². The van der Waals surface area contributed by atoms with E-state index in [4.69, 9.17) is 4.74 Å². The van der Waals surface area contributed by atoms with E-state index in [-0.39, 0.29) is 5.69 Å². The molecule has 0 bridgehead atoms. The Morgan fingerprint density at radius 3 is 2.67 bits per heavy atom. The van der Waals surface area contributed by atoms with Gasteiger partial charge in [-0.15, -0.1) is 0 Å². The predicted octanol–water partition coefficient (Wildman–Crippen LogP) is 2.94. The molecule has 0 saturated carbocycles. The van der Waals surface area contributed by atoms with Crippen molar-refractivity contribution in [3.05, 3.63) is 33.9 Å². The van der Waals surface area contributed by atoms with Crippen LogP contribution >= 0.6 is 0 Å². The highest BCUT2D eigenvalue weighted by Gasteiger charge is 2.11. The van der Waals surface area contributed by atoms with Gasteiger partial charge in [-0.3, -0.25) is 10.1 Å². The summed E-state index contributed by atoms with van der Waals surface area (Å²) in [5.74, 6) is 0.964. The van der Waals surface area contributed by atoms with Crippen LogP contribution < -0.4 is 4.74 Å². The van der Waals surface area contributed by atoms with E-state index >= 15 is 0 Å². The van der Waals surface area contributed by atoms with E-state index in [1.807, 2.05) is 13.8 Å². The average Bonchev–Trinajstić information content (AvgIpc) is 2.16. The lowest BCUT2D eigenvalue weighted by Gasteiger charge is -2.08. The monoisotopic (exact) mass is 209 g/mol. The minimum atomic E-state index is -0.391. The summed E-state index contributed by atoms with van der Waals surface area (Å²) in [5, 5.41) is 10.7. The SMILES string of the molecule is Cc1ccc(OCC(C)C)cc1[N+](=O)[O-]. The highest BCUT2D eigenvalue weighted by molar-refractivity contribution is 5.45. The lowest BCUT2D eigenvalue weighted by atomic mass is 10.2. The molecule has 0 unspecified atom stereocenters. The molecule has 0 atom stereocenters. The molecule has 0 heterocycles. The van der Waals surface area contributed by atoms with Crippen LogP contribution in [0.5, 0.6) is 5.75 Å². The zero-order valence-electron chi connectivity index (χ0n) is 9.19. The molecule has 15 heavy (non-hydrogen) atoms. The van der Waals surface area contributed by atoms with Crippen LogP contribution in [0.15, 0.2) is 18.2 Å². The van der Waals surface area contributed by atoms with Gasteiger partial charge in [0.05, 0.1) is 17.6 Å².